The number of methoxy groups -OCH3 is 1. The number of hydrogen-bond donors (Lipinski definition) is 1. The molecule has 2 heterocycles. The maximum atomic E-state index is 12.2. The highest BCUT2D eigenvalue weighted by Crippen LogP contribution is 2.32. The molecule has 0 aliphatic heterocycles. The molecule has 7 nitrogen and oxygen atoms in total. The first-order valence-electron chi connectivity index (χ1n) is 8.73. The average Bonchev–Trinajstić information content (AvgIpc) is 3.15. The summed E-state index contributed by atoms with van der Waals surface area (Å²) in [7, 11) is 1.63. The Labute approximate surface area is 165 Å². The molecule has 4 aromatic rings. The van der Waals surface area contributed by atoms with Gasteiger partial charge in [0.15, 0.2) is 0 Å². The third-order valence-corrected chi connectivity index (χ3v) is 5.20. The minimum absolute atomic E-state index is 0.147. The molecule has 0 aliphatic rings. The van der Waals surface area contributed by atoms with E-state index in [0.29, 0.717) is 34.3 Å². The minimum atomic E-state index is -0.154. The number of fused-ring (bicyclic) bond motifs is 1. The highest BCUT2D eigenvalue weighted by molar-refractivity contribution is 7.99. The monoisotopic (exact) mass is 394 g/mol. The molecule has 2 aromatic carbocycles. The van der Waals surface area contributed by atoms with E-state index in [4.69, 9.17) is 9.15 Å². The first-order chi connectivity index (χ1) is 13.6. The molecule has 0 saturated carbocycles. The van der Waals surface area contributed by atoms with E-state index in [1.165, 1.54) is 11.8 Å². The first kappa shape index (κ1) is 18.2. The summed E-state index contributed by atoms with van der Waals surface area (Å²) in [4.78, 5) is 19.6. The van der Waals surface area contributed by atoms with E-state index in [2.05, 4.69) is 20.2 Å². The van der Waals surface area contributed by atoms with Crippen molar-refractivity contribution in [1.29, 1.82) is 0 Å². The quantitative estimate of drug-likeness (QED) is 0.498. The molecule has 4 rings (SSSR count). The predicted molar refractivity (Wildman–Crippen MR) is 107 cm³/mol. The Morgan fingerprint density at radius 3 is 2.71 bits per heavy atom. The molecule has 0 unspecified atom stereocenters. The number of ether oxygens (including phenoxy) is 1. The second kappa shape index (κ2) is 7.85. The number of rotatable bonds is 6. The van der Waals surface area contributed by atoms with Gasteiger partial charge in [-0.05, 0) is 36.8 Å². The number of aromatic nitrogens is 4. The highest BCUT2D eigenvalue weighted by Gasteiger charge is 2.16. The largest absolute Gasteiger partial charge is 0.497 e. The molecule has 0 amide bonds. The molecule has 0 aliphatic carbocycles. The molecule has 0 fully saturated rings. The summed E-state index contributed by atoms with van der Waals surface area (Å²) in [5.41, 5.74) is 1.56. The maximum Gasteiger partial charge on any atom is 0.277 e. The van der Waals surface area contributed by atoms with Gasteiger partial charge in [-0.3, -0.25) is 4.79 Å². The second-order valence-corrected chi connectivity index (χ2v) is 7.51. The summed E-state index contributed by atoms with van der Waals surface area (Å²) in [5, 5.41) is 9.07. The first-order valence-corrected chi connectivity index (χ1v) is 9.61. The molecular formula is C20H18N4O3S. The van der Waals surface area contributed by atoms with E-state index in [0.717, 1.165) is 11.3 Å². The van der Waals surface area contributed by atoms with Crippen LogP contribution >= 0.6 is 11.8 Å². The Morgan fingerprint density at radius 2 is 1.93 bits per heavy atom. The summed E-state index contributed by atoms with van der Waals surface area (Å²) < 4.78 is 10.9. The third-order valence-electron chi connectivity index (χ3n) is 4.26. The van der Waals surface area contributed by atoms with E-state index in [1.807, 2.05) is 49.4 Å². The lowest BCUT2D eigenvalue weighted by atomic mass is 10.1. The number of nitrogens with zero attached hydrogens (tertiary/aromatic N) is 3. The van der Waals surface area contributed by atoms with Crippen LogP contribution in [0.3, 0.4) is 0 Å². The van der Waals surface area contributed by atoms with Crippen molar-refractivity contribution in [3.63, 3.8) is 0 Å². The number of thioether (sulfide) groups is 1. The number of aromatic amines is 1. The molecule has 0 saturated heterocycles. The van der Waals surface area contributed by atoms with Crippen LogP contribution in [-0.2, 0) is 6.42 Å². The van der Waals surface area contributed by atoms with Crippen molar-refractivity contribution in [3.8, 4) is 5.75 Å². The Kier molecular flexibility index (Phi) is 5.12. The maximum absolute atomic E-state index is 12.2. The van der Waals surface area contributed by atoms with Crippen molar-refractivity contribution in [2.75, 3.05) is 7.11 Å². The van der Waals surface area contributed by atoms with Gasteiger partial charge in [-0.25, -0.2) is 4.98 Å². The van der Waals surface area contributed by atoms with E-state index >= 15 is 0 Å². The van der Waals surface area contributed by atoms with Crippen LogP contribution in [-0.4, -0.2) is 27.3 Å². The second-order valence-electron chi connectivity index (χ2n) is 6.21. The van der Waals surface area contributed by atoms with Crippen LogP contribution < -0.4 is 10.3 Å². The van der Waals surface area contributed by atoms with Gasteiger partial charge in [0.1, 0.15) is 11.6 Å². The van der Waals surface area contributed by atoms with Gasteiger partial charge in [0.05, 0.1) is 29.7 Å². The molecule has 28 heavy (non-hydrogen) atoms. The zero-order chi connectivity index (χ0) is 19.5. The van der Waals surface area contributed by atoms with E-state index < -0.39 is 0 Å². The zero-order valence-corrected chi connectivity index (χ0v) is 16.2. The smallest absolute Gasteiger partial charge is 0.277 e. The Hall–Kier alpha value is -3.13. The fraction of sp³-hybridized carbons (Fsp3) is 0.200. The van der Waals surface area contributed by atoms with E-state index in [-0.39, 0.29) is 10.8 Å². The fourth-order valence-corrected chi connectivity index (χ4v) is 3.54. The van der Waals surface area contributed by atoms with Crippen LogP contribution in [0.1, 0.15) is 29.5 Å². The zero-order valence-electron chi connectivity index (χ0n) is 15.4. The molecule has 1 atom stereocenters. The van der Waals surface area contributed by atoms with Crippen molar-refractivity contribution in [3.05, 3.63) is 76.2 Å². The van der Waals surface area contributed by atoms with Crippen LogP contribution in [0.25, 0.3) is 10.9 Å². The standard InChI is InChI=1S/C20H18N4O3S/c1-12(18-21-16-6-4-3-5-15(16)19(25)22-18)28-20-24-23-17(27-20)11-13-7-9-14(26-2)10-8-13/h3-10,12H,11H2,1-2H3,(H,21,22,25)/t12-/m1/s1. The lowest BCUT2D eigenvalue weighted by Gasteiger charge is -2.08. The van der Waals surface area contributed by atoms with Gasteiger partial charge in [-0.2, -0.15) is 0 Å². The van der Waals surface area contributed by atoms with Crippen molar-refractivity contribution in [2.24, 2.45) is 0 Å². The molecular weight excluding hydrogens is 376 g/mol. The van der Waals surface area contributed by atoms with Gasteiger partial charge < -0.3 is 14.1 Å². The lowest BCUT2D eigenvalue weighted by Crippen LogP contribution is -2.12. The van der Waals surface area contributed by atoms with E-state index in [1.54, 1.807) is 13.2 Å². The minimum Gasteiger partial charge on any atom is -0.497 e. The summed E-state index contributed by atoms with van der Waals surface area (Å²) in [6.07, 6.45) is 0.539. The van der Waals surface area contributed by atoms with Gasteiger partial charge in [0.25, 0.3) is 10.8 Å². The summed E-state index contributed by atoms with van der Waals surface area (Å²) in [6.45, 7) is 1.94. The molecule has 0 bridgehead atoms. The Bertz CT molecular complexity index is 1150. The molecule has 0 spiro atoms. The molecule has 142 valence electrons. The highest BCUT2D eigenvalue weighted by atomic mass is 32.2. The Morgan fingerprint density at radius 1 is 1.14 bits per heavy atom. The summed E-state index contributed by atoms with van der Waals surface area (Å²) in [6, 6.07) is 15.0. The third kappa shape index (κ3) is 3.91. The van der Waals surface area contributed by atoms with Crippen molar-refractivity contribution >= 4 is 22.7 Å². The molecule has 0 radical (unpaired) electrons. The fourth-order valence-electron chi connectivity index (χ4n) is 2.78. The van der Waals surface area contributed by atoms with Gasteiger partial charge in [0, 0.05) is 0 Å². The summed E-state index contributed by atoms with van der Waals surface area (Å²) >= 11 is 1.36. The van der Waals surface area contributed by atoms with E-state index in [9.17, 15) is 4.79 Å². The van der Waals surface area contributed by atoms with Crippen molar-refractivity contribution in [2.45, 2.75) is 23.8 Å². The van der Waals surface area contributed by atoms with Gasteiger partial charge in [0.2, 0.25) is 5.89 Å². The number of benzene rings is 2. The molecule has 2 aromatic heterocycles. The van der Waals surface area contributed by atoms with Crippen molar-refractivity contribution in [1.82, 2.24) is 20.2 Å². The summed E-state index contributed by atoms with van der Waals surface area (Å²) in [5.74, 6) is 1.90. The lowest BCUT2D eigenvalue weighted by molar-refractivity contribution is 0.413. The van der Waals surface area contributed by atoms with Gasteiger partial charge in [-0.15, -0.1) is 10.2 Å². The predicted octanol–water partition coefficient (Wildman–Crippen LogP) is 3.76. The number of para-hydroxylation sites is 1. The van der Waals surface area contributed by atoms with Crippen LogP contribution in [0.2, 0.25) is 0 Å². The topological polar surface area (TPSA) is 93.9 Å². The average molecular weight is 394 g/mol. The number of H-pyrrole nitrogens is 1. The Balaban J connectivity index is 1.48. The van der Waals surface area contributed by atoms with Crippen LogP contribution in [0, 0.1) is 0 Å². The number of nitrogens with one attached hydrogen (secondary N) is 1. The van der Waals surface area contributed by atoms with Crippen LogP contribution in [0.5, 0.6) is 5.75 Å². The van der Waals surface area contributed by atoms with Crippen LogP contribution in [0.15, 0.2) is 63.0 Å². The van der Waals surface area contributed by atoms with Crippen LogP contribution in [0.4, 0.5) is 0 Å². The number of hydrogen-bond acceptors (Lipinski definition) is 7. The normalized spacial score (nSPS) is 12.2. The van der Waals surface area contributed by atoms with Gasteiger partial charge >= 0.3 is 0 Å². The van der Waals surface area contributed by atoms with Gasteiger partial charge in [-0.1, -0.05) is 36.0 Å². The molecule has 8 heteroatoms. The molecule has 1 N–H and O–H groups in total. The SMILES string of the molecule is COc1ccc(Cc2nnc(S[C@H](C)c3nc4ccccc4c(=O)[nH]3)o2)cc1. The van der Waals surface area contributed by atoms with Crippen molar-refractivity contribution < 1.29 is 9.15 Å².